The number of hydrogen-bond donors (Lipinski definition) is 3. The van der Waals surface area contributed by atoms with Crippen LogP contribution in [0.25, 0.3) is 0 Å². The molecule has 0 aliphatic carbocycles. The van der Waals surface area contributed by atoms with Gasteiger partial charge in [-0.3, -0.25) is 9.78 Å². The third-order valence-corrected chi connectivity index (χ3v) is 3.24. The third-order valence-electron chi connectivity index (χ3n) is 2.93. The first-order valence-electron chi connectivity index (χ1n) is 6.82. The minimum atomic E-state index is -1.40. The van der Waals surface area contributed by atoms with E-state index >= 15 is 0 Å². The van der Waals surface area contributed by atoms with E-state index in [1.807, 2.05) is 13.8 Å². The number of nitrogens with zero attached hydrogens (tertiary/aromatic N) is 2. The molecule has 0 saturated carbocycles. The highest BCUT2D eigenvalue weighted by Gasteiger charge is 2.25. The number of hydrogen-bond acceptors (Lipinski definition) is 6. The zero-order chi connectivity index (χ0) is 15.8. The van der Waals surface area contributed by atoms with Gasteiger partial charge >= 0.3 is 7.12 Å². The lowest BCUT2D eigenvalue weighted by molar-refractivity contribution is 0.0954. The molecule has 0 bridgehead atoms. The van der Waals surface area contributed by atoms with Crippen LogP contribution < -0.4 is 5.32 Å². The molecular formula is C13H20BN3O3S. The van der Waals surface area contributed by atoms with E-state index in [0.29, 0.717) is 23.6 Å². The predicted octanol–water partition coefficient (Wildman–Crippen LogP) is 0.855. The number of carbonyl (C=O) groups excluding carboxylic acids is 1. The Labute approximate surface area is 130 Å². The molecule has 0 radical (unpaired) electrons. The standard InChI is InChI=1S/C13H20BN3O3S/c1-9(2)5-10(14(19)20)6-11(21)7-17-13(18)12-8-15-3-4-16-12/h3-4,8-10,19-20H,5-7H2,1-2H3,(H,17,18)/t10-/m1/s1. The summed E-state index contributed by atoms with van der Waals surface area (Å²) >= 11 is 5.20. The molecule has 1 aromatic heterocycles. The molecular weight excluding hydrogens is 289 g/mol. The smallest absolute Gasteiger partial charge is 0.427 e. The maximum Gasteiger partial charge on any atom is 0.455 e. The lowest BCUT2D eigenvalue weighted by Gasteiger charge is -2.18. The van der Waals surface area contributed by atoms with Crippen molar-refractivity contribution < 1.29 is 14.8 Å². The minimum Gasteiger partial charge on any atom is -0.427 e. The van der Waals surface area contributed by atoms with Crippen LogP contribution in [0.1, 0.15) is 37.2 Å². The van der Waals surface area contributed by atoms with Gasteiger partial charge in [-0.2, -0.15) is 0 Å². The van der Waals surface area contributed by atoms with Gasteiger partial charge in [0, 0.05) is 23.8 Å². The first-order valence-corrected chi connectivity index (χ1v) is 7.23. The molecule has 0 unspecified atom stereocenters. The Balaban J connectivity index is 2.44. The van der Waals surface area contributed by atoms with Gasteiger partial charge in [-0.15, -0.1) is 0 Å². The maximum absolute atomic E-state index is 11.8. The molecule has 114 valence electrons. The van der Waals surface area contributed by atoms with Crippen molar-refractivity contribution in [3.05, 3.63) is 24.3 Å². The monoisotopic (exact) mass is 309 g/mol. The molecule has 1 rings (SSSR count). The fourth-order valence-corrected chi connectivity index (χ4v) is 2.25. The second-order valence-corrected chi connectivity index (χ2v) is 5.90. The van der Waals surface area contributed by atoms with Gasteiger partial charge in [0.1, 0.15) is 5.69 Å². The Morgan fingerprint density at radius 2 is 2.14 bits per heavy atom. The molecule has 1 amide bonds. The van der Waals surface area contributed by atoms with Crippen molar-refractivity contribution in [2.24, 2.45) is 5.92 Å². The first-order chi connectivity index (χ1) is 9.90. The van der Waals surface area contributed by atoms with Gasteiger partial charge in [0.15, 0.2) is 0 Å². The quantitative estimate of drug-likeness (QED) is 0.487. The Morgan fingerprint density at radius 3 is 2.67 bits per heavy atom. The molecule has 3 N–H and O–H groups in total. The molecule has 1 atom stereocenters. The largest absolute Gasteiger partial charge is 0.455 e. The molecule has 1 heterocycles. The van der Waals surface area contributed by atoms with Crippen molar-refractivity contribution >= 4 is 30.1 Å². The van der Waals surface area contributed by atoms with Crippen molar-refractivity contribution in [1.29, 1.82) is 0 Å². The molecule has 0 aliphatic rings. The van der Waals surface area contributed by atoms with Crippen LogP contribution in [0.2, 0.25) is 5.82 Å². The molecule has 0 spiro atoms. The van der Waals surface area contributed by atoms with Gasteiger partial charge in [-0.05, 0) is 24.6 Å². The van der Waals surface area contributed by atoms with Crippen molar-refractivity contribution in [2.75, 3.05) is 6.54 Å². The van der Waals surface area contributed by atoms with Crippen LogP contribution in [-0.2, 0) is 0 Å². The normalized spacial score (nSPS) is 12.0. The van der Waals surface area contributed by atoms with Crippen LogP contribution in [-0.4, -0.2) is 44.5 Å². The van der Waals surface area contributed by atoms with Crippen LogP contribution >= 0.6 is 12.2 Å². The summed E-state index contributed by atoms with van der Waals surface area (Å²) in [6, 6.07) is 0. The summed E-state index contributed by atoms with van der Waals surface area (Å²) in [4.78, 5) is 20.1. The lowest BCUT2D eigenvalue weighted by Crippen LogP contribution is -2.32. The fraction of sp³-hybridized carbons (Fsp3) is 0.538. The predicted molar refractivity (Wildman–Crippen MR) is 85.0 cm³/mol. The molecule has 21 heavy (non-hydrogen) atoms. The van der Waals surface area contributed by atoms with Crippen LogP contribution in [0.5, 0.6) is 0 Å². The number of aromatic nitrogens is 2. The number of carbonyl (C=O) groups is 1. The Hall–Kier alpha value is -1.38. The number of nitrogens with one attached hydrogen (secondary N) is 1. The fourth-order valence-electron chi connectivity index (χ4n) is 1.97. The van der Waals surface area contributed by atoms with Gasteiger partial charge in [-0.1, -0.05) is 26.1 Å². The van der Waals surface area contributed by atoms with E-state index in [9.17, 15) is 14.8 Å². The molecule has 0 fully saturated rings. The van der Waals surface area contributed by atoms with Gasteiger partial charge in [-0.25, -0.2) is 4.98 Å². The van der Waals surface area contributed by atoms with Gasteiger partial charge in [0.2, 0.25) is 0 Å². The Bertz CT molecular complexity index is 471. The lowest BCUT2D eigenvalue weighted by atomic mass is 9.66. The van der Waals surface area contributed by atoms with Gasteiger partial charge in [0.05, 0.1) is 6.20 Å². The molecule has 0 saturated heterocycles. The molecule has 8 heteroatoms. The highest BCUT2D eigenvalue weighted by atomic mass is 32.1. The number of thiocarbonyl (C=S) groups is 1. The van der Waals surface area contributed by atoms with Crippen LogP contribution in [0.4, 0.5) is 0 Å². The van der Waals surface area contributed by atoms with Crippen LogP contribution in [0.3, 0.4) is 0 Å². The SMILES string of the molecule is CC(C)C[C@H](CC(=S)CNC(=O)c1cnccn1)B(O)O. The molecule has 6 nitrogen and oxygen atoms in total. The second kappa shape index (κ2) is 8.81. The molecule has 1 aromatic rings. The van der Waals surface area contributed by atoms with Gasteiger partial charge < -0.3 is 15.4 Å². The number of amides is 1. The summed E-state index contributed by atoms with van der Waals surface area (Å²) in [5.41, 5.74) is 0.223. The van der Waals surface area contributed by atoms with Crippen LogP contribution in [0, 0.1) is 5.92 Å². The maximum atomic E-state index is 11.8. The molecule has 0 aromatic carbocycles. The summed E-state index contributed by atoms with van der Waals surface area (Å²) in [6.45, 7) is 4.22. The summed E-state index contributed by atoms with van der Waals surface area (Å²) in [7, 11) is -1.40. The zero-order valence-electron chi connectivity index (χ0n) is 12.2. The zero-order valence-corrected chi connectivity index (χ0v) is 13.0. The second-order valence-electron chi connectivity index (χ2n) is 5.32. The highest BCUT2D eigenvalue weighted by Crippen LogP contribution is 2.23. The van der Waals surface area contributed by atoms with Crippen molar-refractivity contribution in [3.63, 3.8) is 0 Å². The highest BCUT2D eigenvalue weighted by molar-refractivity contribution is 7.80. The summed E-state index contributed by atoms with van der Waals surface area (Å²) in [5.74, 6) is -0.324. The van der Waals surface area contributed by atoms with E-state index in [-0.39, 0.29) is 24.0 Å². The summed E-state index contributed by atoms with van der Waals surface area (Å²) in [6.07, 6.45) is 5.34. The Kier molecular flexibility index (Phi) is 7.42. The van der Waals surface area contributed by atoms with E-state index in [1.165, 1.54) is 18.6 Å². The average molecular weight is 309 g/mol. The summed E-state index contributed by atoms with van der Waals surface area (Å²) in [5, 5.41) is 21.4. The topological polar surface area (TPSA) is 95.3 Å². The van der Waals surface area contributed by atoms with Crippen LogP contribution in [0.15, 0.2) is 18.6 Å². The minimum absolute atomic E-state index is 0.200. The van der Waals surface area contributed by atoms with Crippen molar-refractivity contribution in [1.82, 2.24) is 15.3 Å². The van der Waals surface area contributed by atoms with Crippen molar-refractivity contribution in [2.45, 2.75) is 32.5 Å². The van der Waals surface area contributed by atoms with E-state index < -0.39 is 7.12 Å². The van der Waals surface area contributed by atoms with E-state index in [0.717, 1.165) is 0 Å². The first kappa shape index (κ1) is 17.7. The summed E-state index contributed by atoms with van der Waals surface area (Å²) < 4.78 is 0. The van der Waals surface area contributed by atoms with E-state index in [4.69, 9.17) is 12.2 Å². The van der Waals surface area contributed by atoms with E-state index in [1.54, 1.807) is 0 Å². The molecule has 0 aliphatic heterocycles. The Morgan fingerprint density at radius 1 is 1.43 bits per heavy atom. The van der Waals surface area contributed by atoms with Crippen molar-refractivity contribution in [3.8, 4) is 0 Å². The number of rotatable bonds is 8. The third kappa shape index (κ3) is 6.75. The van der Waals surface area contributed by atoms with Gasteiger partial charge in [0.25, 0.3) is 5.91 Å². The van der Waals surface area contributed by atoms with E-state index in [2.05, 4.69) is 15.3 Å². The average Bonchev–Trinajstić information content (AvgIpc) is 2.44.